The normalized spacial score (nSPS) is 31.6. The number of nitrogens with one attached hydrogen (secondary N) is 2. The first kappa shape index (κ1) is 22.4. The lowest BCUT2D eigenvalue weighted by Crippen LogP contribution is -2.60. The number of aromatic amines is 1. The molecular weight excluding hydrogens is 410 g/mol. The third-order valence-corrected chi connectivity index (χ3v) is 6.54. The second-order valence-electron chi connectivity index (χ2n) is 7.62. The number of hydrogen-bond acceptors (Lipinski definition) is 7. The van der Waals surface area contributed by atoms with Crippen molar-refractivity contribution in [2.45, 2.75) is 48.7 Å². The monoisotopic (exact) mass is 433 g/mol. The van der Waals surface area contributed by atoms with Crippen molar-refractivity contribution in [1.29, 1.82) is 0 Å². The second kappa shape index (κ2) is 8.26. The molecule has 1 heterocycles. The van der Waals surface area contributed by atoms with Gasteiger partial charge < -0.3 is 26.2 Å². The molecule has 2 saturated carbocycles. The first-order valence-corrected chi connectivity index (χ1v) is 9.62. The van der Waals surface area contributed by atoms with Crippen molar-refractivity contribution in [3.05, 3.63) is 6.33 Å². The summed E-state index contributed by atoms with van der Waals surface area (Å²) < 4.78 is 0. The molecule has 2 fully saturated rings. The van der Waals surface area contributed by atoms with Crippen LogP contribution in [0.4, 0.5) is 0 Å². The Hall–Kier alpha value is -1.85. The van der Waals surface area contributed by atoms with Gasteiger partial charge in [-0.25, -0.2) is 4.79 Å². The SMILES string of the molecule is CC(C)C[C@H](N)C(=O)N[C@@]1(C(=O)O)C[C@H](Sc2nnc[nH]2)[C@H]2[C@H](C(=O)O)[C@H]21.Cl. The highest BCUT2D eigenvalue weighted by molar-refractivity contribution is 7.99. The zero-order chi connectivity index (χ0) is 19.9. The Labute approximate surface area is 171 Å². The van der Waals surface area contributed by atoms with E-state index in [2.05, 4.69) is 20.5 Å². The van der Waals surface area contributed by atoms with E-state index in [9.17, 15) is 24.6 Å². The molecule has 0 saturated heterocycles. The molecule has 1 aromatic rings. The van der Waals surface area contributed by atoms with Crippen LogP contribution in [0.2, 0.25) is 0 Å². The van der Waals surface area contributed by atoms with Crippen molar-refractivity contribution in [3.8, 4) is 0 Å². The number of nitrogens with two attached hydrogens (primary N) is 1. The van der Waals surface area contributed by atoms with Gasteiger partial charge in [-0.3, -0.25) is 9.59 Å². The highest BCUT2D eigenvalue weighted by Gasteiger charge is 2.75. The van der Waals surface area contributed by atoms with Gasteiger partial charge in [-0.05, 0) is 24.7 Å². The highest BCUT2D eigenvalue weighted by atomic mass is 35.5. The molecule has 156 valence electrons. The van der Waals surface area contributed by atoms with Crippen LogP contribution in [-0.4, -0.2) is 60.1 Å². The molecule has 12 heteroatoms. The van der Waals surface area contributed by atoms with Gasteiger partial charge in [-0.15, -0.1) is 22.6 Å². The molecule has 28 heavy (non-hydrogen) atoms. The van der Waals surface area contributed by atoms with Crippen LogP contribution in [0.5, 0.6) is 0 Å². The van der Waals surface area contributed by atoms with Gasteiger partial charge in [0.05, 0.1) is 12.0 Å². The molecule has 1 aromatic heterocycles. The Morgan fingerprint density at radius 3 is 2.61 bits per heavy atom. The van der Waals surface area contributed by atoms with Gasteiger partial charge in [0, 0.05) is 11.2 Å². The predicted octanol–water partition coefficient (Wildman–Crippen LogP) is 0.351. The number of H-pyrrole nitrogens is 1. The highest BCUT2D eigenvalue weighted by Crippen LogP contribution is 2.65. The number of carbonyl (C=O) groups excluding carboxylic acids is 1. The lowest BCUT2D eigenvalue weighted by molar-refractivity contribution is -0.150. The fourth-order valence-electron chi connectivity index (χ4n) is 4.20. The number of nitrogens with zero attached hydrogens (tertiary/aromatic N) is 2. The number of carbonyl (C=O) groups is 3. The van der Waals surface area contributed by atoms with E-state index in [4.69, 9.17) is 5.73 Å². The number of aliphatic carboxylic acids is 2. The number of carboxylic acids is 2. The van der Waals surface area contributed by atoms with E-state index in [-0.39, 0.29) is 35.9 Å². The molecular formula is C16H24ClN5O5S. The van der Waals surface area contributed by atoms with Crippen LogP contribution in [0, 0.1) is 23.7 Å². The maximum absolute atomic E-state index is 12.5. The number of thioether (sulfide) groups is 1. The van der Waals surface area contributed by atoms with Crippen LogP contribution in [0.1, 0.15) is 26.7 Å². The lowest BCUT2D eigenvalue weighted by Gasteiger charge is -2.31. The molecule has 0 spiro atoms. The number of rotatable bonds is 8. The van der Waals surface area contributed by atoms with Crippen molar-refractivity contribution >= 4 is 42.0 Å². The number of aromatic nitrogens is 3. The lowest BCUT2D eigenvalue weighted by atomic mass is 9.89. The van der Waals surface area contributed by atoms with Gasteiger partial charge in [0.1, 0.15) is 11.9 Å². The summed E-state index contributed by atoms with van der Waals surface area (Å²) in [6.45, 7) is 3.83. The van der Waals surface area contributed by atoms with Gasteiger partial charge in [-0.2, -0.15) is 0 Å². The quantitative estimate of drug-likeness (QED) is 0.387. The van der Waals surface area contributed by atoms with E-state index < -0.39 is 41.3 Å². The van der Waals surface area contributed by atoms with Gasteiger partial charge >= 0.3 is 11.9 Å². The summed E-state index contributed by atoms with van der Waals surface area (Å²) >= 11 is 1.26. The van der Waals surface area contributed by atoms with Crippen LogP contribution in [0.15, 0.2) is 11.5 Å². The standard InChI is InChI=1S/C16H23N5O5S.ClH/c1-6(2)3-7(17)12(22)20-16(14(25)26)4-8(27-15-18-5-19-21-15)9-10(11(9)16)13(23)24;/h5-11H,3-4,17H2,1-2H3,(H,20,22)(H,23,24)(H,25,26)(H,18,19,21);1H/t7-,8-,9-,10-,11-,16-;/m0./s1. The summed E-state index contributed by atoms with van der Waals surface area (Å²) in [6.07, 6.45) is 1.91. The summed E-state index contributed by atoms with van der Waals surface area (Å²) in [5.41, 5.74) is 4.26. The summed E-state index contributed by atoms with van der Waals surface area (Å²) in [5, 5.41) is 29.7. The zero-order valence-corrected chi connectivity index (χ0v) is 17.0. The van der Waals surface area contributed by atoms with Crippen LogP contribution in [0.25, 0.3) is 0 Å². The van der Waals surface area contributed by atoms with Gasteiger partial charge in [0.2, 0.25) is 5.91 Å². The van der Waals surface area contributed by atoms with Gasteiger partial charge in [0.25, 0.3) is 0 Å². The van der Waals surface area contributed by atoms with E-state index in [0.29, 0.717) is 11.6 Å². The molecule has 1 amide bonds. The maximum atomic E-state index is 12.5. The van der Waals surface area contributed by atoms with Crippen molar-refractivity contribution < 1.29 is 24.6 Å². The molecule has 2 aliphatic carbocycles. The maximum Gasteiger partial charge on any atom is 0.329 e. The van der Waals surface area contributed by atoms with E-state index in [1.54, 1.807) is 0 Å². The van der Waals surface area contributed by atoms with Crippen molar-refractivity contribution in [3.63, 3.8) is 0 Å². The summed E-state index contributed by atoms with van der Waals surface area (Å²) in [6, 6.07) is -0.845. The zero-order valence-electron chi connectivity index (χ0n) is 15.4. The molecule has 2 aliphatic rings. The predicted molar refractivity (Wildman–Crippen MR) is 102 cm³/mol. The van der Waals surface area contributed by atoms with Crippen LogP contribution >= 0.6 is 24.2 Å². The number of hydrogen-bond donors (Lipinski definition) is 5. The summed E-state index contributed by atoms with van der Waals surface area (Å²) in [5.74, 6) is -4.54. The van der Waals surface area contributed by atoms with E-state index in [1.165, 1.54) is 18.1 Å². The first-order chi connectivity index (χ1) is 12.7. The molecule has 3 rings (SSSR count). The molecule has 6 atom stereocenters. The molecule has 10 nitrogen and oxygen atoms in total. The Morgan fingerprint density at radius 1 is 1.43 bits per heavy atom. The Bertz CT molecular complexity index is 748. The molecule has 0 aromatic carbocycles. The minimum Gasteiger partial charge on any atom is -0.481 e. The molecule has 0 aliphatic heterocycles. The van der Waals surface area contributed by atoms with E-state index in [0.717, 1.165) is 0 Å². The smallest absolute Gasteiger partial charge is 0.329 e. The fourth-order valence-corrected chi connectivity index (χ4v) is 5.54. The Kier molecular flexibility index (Phi) is 6.62. The fraction of sp³-hybridized carbons (Fsp3) is 0.688. The topological polar surface area (TPSA) is 171 Å². The van der Waals surface area contributed by atoms with E-state index in [1.807, 2.05) is 13.8 Å². The van der Waals surface area contributed by atoms with Crippen LogP contribution in [-0.2, 0) is 14.4 Å². The number of fused-ring (bicyclic) bond motifs is 1. The summed E-state index contributed by atoms with van der Waals surface area (Å²) in [7, 11) is 0. The minimum atomic E-state index is -1.64. The number of amides is 1. The Morgan fingerprint density at radius 2 is 2.11 bits per heavy atom. The van der Waals surface area contributed by atoms with Crippen molar-refractivity contribution in [2.75, 3.05) is 0 Å². The average Bonchev–Trinajstić information content (AvgIpc) is 2.97. The van der Waals surface area contributed by atoms with Gasteiger partial charge in [0.15, 0.2) is 5.16 Å². The second-order valence-corrected chi connectivity index (χ2v) is 8.85. The molecule has 6 N–H and O–H groups in total. The number of halogens is 1. The molecule has 0 radical (unpaired) electrons. The number of carboxylic acid groups (broad SMARTS) is 2. The largest absolute Gasteiger partial charge is 0.481 e. The molecule has 0 bridgehead atoms. The van der Waals surface area contributed by atoms with Crippen molar-refractivity contribution in [2.24, 2.45) is 29.4 Å². The van der Waals surface area contributed by atoms with Crippen LogP contribution in [0.3, 0.4) is 0 Å². The molecule has 0 unspecified atom stereocenters. The van der Waals surface area contributed by atoms with Crippen LogP contribution < -0.4 is 11.1 Å². The Balaban J connectivity index is 0.00000280. The minimum absolute atomic E-state index is 0. The van der Waals surface area contributed by atoms with E-state index >= 15 is 0 Å². The first-order valence-electron chi connectivity index (χ1n) is 8.74. The van der Waals surface area contributed by atoms with Gasteiger partial charge in [-0.1, -0.05) is 25.6 Å². The average molecular weight is 434 g/mol. The summed E-state index contributed by atoms with van der Waals surface area (Å²) in [4.78, 5) is 39.1. The third-order valence-electron chi connectivity index (χ3n) is 5.33. The third kappa shape index (κ3) is 3.96. The van der Waals surface area contributed by atoms with Crippen molar-refractivity contribution in [1.82, 2.24) is 20.5 Å².